The quantitative estimate of drug-likeness (QED) is 0.531. The number of carboxylic acid groups (broad SMARTS) is 1. The summed E-state index contributed by atoms with van der Waals surface area (Å²) in [5.41, 5.74) is 0.154. The molecule has 2 rings (SSSR count). The molecular weight excluding hydrogens is 374 g/mol. The van der Waals surface area contributed by atoms with Crippen molar-refractivity contribution >= 4 is 12.5 Å². The van der Waals surface area contributed by atoms with Crippen LogP contribution in [0.1, 0.15) is 33.6 Å². The van der Waals surface area contributed by atoms with E-state index in [0.29, 0.717) is 13.2 Å². The van der Waals surface area contributed by atoms with Crippen molar-refractivity contribution < 1.29 is 24.2 Å². The Morgan fingerprint density at radius 2 is 1.97 bits per heavy atom. The molecule has 0 spiro atoms. The largest absolute Gasteiger partial charge is 0.493 e. The first kappa shape index (κ1) is 24.6. The number of carbonyl (C=O) groups is 2. The Bertz CT molecular complexity index is 633. The van der Waals surface area contributed by atoms with E-state index in [4.69, 9.17) is 19.4 Å². The summed E-state index contributed by atoms with van der Waals surface area (Å²) >= 11 is 0. The fraction of sp³-hybridized carbons (Fsp3) is 0.619. The zero-order valence-corrected chi connectivity index (χ0v) is 18.2. The van der Waals surface area contributed by atoms with Crippen molar-refractivity contribution in [1.29, 1.82) is 0 Å². The number of hydrogen-bond acceptors (Lipinski definition) is 5. The van der Waals surface area contributed by atoms with Crippen LogP contribution in [0.3, 0.4) is 0 Å². The lowest BCUT2D eigenvalue weighted by molar-refractivity contribution is -0.122. The molecule has 2 N–H and O–H groups in total. The molecule has 8 heteroatoms. The van der Waals surface area contributed by atoms with Crippen LogP contribution in [-0.2, 0) is 4.79 Å². The topological polar surface area (TPSA) is 91.3 Å². The Balaban J connectivity index is 0.00000132. The highest BCUT2D eigenvalue weighted by Crippen LogP contribution is 2.25. The predicted octanol–water partition coefficient (Wildman–Crippen LogP) is 2.68. The van der Waals surface area contributed by atoms with Gasteiger partial charge in [0.25, 0.3) is 6.47 Å². The molecular formula is C21H35N3O5. The van der Waals surface area contributed by atoms with Crippen LogP contribution in [0.5, 0.6) is 11.5 Å². The van der Waals surface area contributed by atoms with Gasteiger partial charge in [-0.3, -0.25) is 9.69 Å². The second kappa shape index (κ2) is 12.2. The Hall–Kier alpha value is -2.48. The summed E-state index contributed by atoms with van der Waals surface area (Å²) < 4.78 is 11.0. The lowest BCUT2D eigenvalue weighted by Crippen LogP contribution is -2.46. The van der Waals surface area contributed by atoms with Crippen LogP contribution in [0.4, 0.5) is 4.79 Å². The Morgan fingerprint density at radius 1 is 1.34 bits per heavy atom. The predicted molar refractivity (Wildman–Crippen MR) is 113 cm³/mol. The molecule has 0 bridgehead atoms. The number of amides is 2. The monoisotopic (exact) mass is 409 g/mol. The van der Waals surface area contributed by atoms with Crippen LogP contribution < -0.4 is 14.8 Å². The molecule has 8 nitrogen and oxygen atoms in total. The van der Waals surface area contributed by atoms with E-state index in [1.165, 1.54) is 0 Å². The minimum absolute atomic E-state index is 0.0111. The standard InChI is InChI=1S/C20H33N3O3.CH2O2/c1-20(2,3)23-13-11-16(15-23)21-19(24)22(4)12-8-14-26-18-10-7-6-9-17(18)25-5;2-1-3/h6-7,9-10,16H,8,11-15H2,1-5H3,(H,21,24);1H,(H,2,3). The summed E-state index contributed by atoms with van der Waals surface area (Å²) in [6.45, 7) is 9.53. The summed E-state index contributed by atoms with van der Waals surface area (Å²) in [4.78, 5) is 24.9. The number of nitrogens with zero attached hydrogens (tertiary/aromatic N) is 2. The summed E-state index contributed by atoms with van der Waals surface area (Å²) in [5, 5.41) is 10.0. The molecule has 1 aromatic rings. The van der Waals surface area contributed by atoms with Gasteiger partial charge in [0.2, 0.25) is 0 Å². The van der Waals surface area contributed by atoms with Crippen molar-refractivity contribution in [3.8, 4) is 11.5 Å². The maximum atomic E-state index is 12.4. The highest BCUT2D eigenvalue weighted by Gasteiger charge is 2.31. The minimum Gasteiger partial charge on any atom is -0.493 e. The van der Waals surface area contributed by atoms with Crippen LogP contribution in [-0.4, -0.2) is 79.4 Å². The van der Waals surface area contributed by atoms with Crippen molar-refractivity contribution in [3.63, 3.8) is 0 Å². The van der Waals surface area contributed by atoms with E-state index >= 15 is 0 Å². The summed E-state index contributed by atoms with van der Waals surface area (Å²) in [5.74, 6) is 1.46. The number of hydrogen-bond donors (Lipinski definition) is 2. The molecule has 29 heavy (non-hydrogen) atoms. The van der Waals surface area contributed by atoms with Gasteiger partial charge in [-0.25, -0.2) is 4.79 Å². The molecule has 164 valence electrons. The van der Waals surface area contributed by atoms with Gasteiger partial charge in [0, 0.05) is 38.3 Å². The summed E-state index contributed by atoms with van der Waals surface area (Å²) in [6, 6.07) is 7.80. The number of ether oxygens (including phenoxy) is 2. The average Bonchev–Trinajstić information content (AvgIpc) is 3.15. The minimum atomic E-state index is -0.250. The Morgan fingerprint density at radius 3 is 2.52 bits per heavy atom. The number of methoxy groups -OCH3 is 1. The van der Waals surface area contributed by atoms with E-state index in [1.807, 2.05) is 31.3 Å². The van der Waals surface area contributed by atoms with Gasteiger partial charge in [-0.05, 0) is 45.7 Å². The van der Waals surface area contributed by atoms with Crippen molar-refractivity contribution in [2.45, 2.75) is 45.2 Å². The fourth-order valence-electron chi connectivity index (χ4n) is 3.10. The number of urea groups is 1. The molecule has 1 atom stereocenters. The number of benzene rings is 1. The molecule has 0 saturated carbocycles. The highest BCUT2D eigenvalue weighted by molar-refractivity contribution is 5.74. The SMILES string of the molecule is COc1ccccc1OCCCN(C)C(=O)NC1CCN(C(C)(C)C)C1.O=CO. The first-order valence-corrected chi connectivity index (χ1v) is 9.83. The van der Waals surface area contributed by atoms with Crippen LogP contribution in [0.25, 0.3) is 0 Å². The third kappa shape index (κ3) is 8.60. The van der Waals surface area contributed by atoms with Crippen molar-refractivity contribution in [3.05, 3.63) is 24.3 Å². The van der Waals surface area contributed by atoms with Crippen molar-refractivity contribution in [2.75, 3.05) is 40.4 Å². The van der Waals surface area contributed by atoms with E-state index in [1.54, 1.807) is 12.0 Å². The molecule has 1 aliphatic heterocycles. The van der Waals surface area contributed by atoms with Crippen LogP contribution in [0, 0.1) is 0 Å². The van der Waals surface area contributed by atoms with Crippen LogP contribution in [0.2, 0.25) is 0 Å². The average molecular weight is 410 g/mol. The van der Waals surface area contributed by atoms with E-state index in [2.05, 4.69) is 31.0 Å². The highest BCUT2D eigenvalue weighted by atomic mass is 16.5. The molecule has 1 heterocycles. The molecule has 0 aliphatic carbocycles. The third-order valence-electron chi connectivity index (χ3n) is 4.78. The number of rotatable bonds is 7. The van der Waals surface area contributed by atoms with Gasteiger partial charge >= 0.3 is 6.03 Å². The van der Waals surface area contributed by atoms with Gasteiger partial charge < -0.3 is 24.8 Å². The molecule has 1 unspecified atom stereocenters. The second-order valence-electron chi connectivity index (χ2n) is 7.93. The molecule has 1 aromatic carbocycles. The first-order valence-electron chi connectivity index (χ1n) is 9.83. The second-order valence-corrected chi connectivity index (χ2v) is 7.93. The van der Waals surface area contributed by atoms with Crippen LogP contribution >= 0.6 is 0 Å². The number of likely N-dealkylation sites (tertiary alicyclic amines) is 1. The Kier molecular flexibility index (Phi) is 10.3. The number of para-hydroxylation sites is 2. The lowest BCUT2D eigenvalue weighted by atomic mass is 10.1. The smallest absolute Gasteiger partial charge is 0.317 e. The van der Waals surface area contributed by atoms with Gasteiger partial charge in [0.05, 0.1) is 13.7 Å². The lowest BCUT2D eigenvalue weighted by Gasteiger charge is -2.31. The number of nitrogens with one attached hydrogen (secondary N) is 1. The molecule has 0 radical (unpaired) electrons. The normalized spacial score (nSPS) is 16.4. The molecule has 2 amide bonds. The number of carbonyl (C=O) groups excluding carboxylic acids is 1. The van der Waals surface area contributed by atoms with Crippen molar-refractivity contribution in [2.24, 2.45) is 0 Å². The maximum absolute atomic E-state index is 12.4. The van der Waals surface area contributed by atoms with Gasteiger partial charge in [0.1, 0.15) is 0 Å². The molecule has 0 aromatic heterocycles. The maximum Gasteiger partial charge on any atom is 0.317 e. The fourth-order valence-corrected chi connectivity index (χ4v) is 3.10. The van der Waals surface area contributed by atoms with Gasteiger partial charge in [-0.2, -0.15) is 0 Å². The summed E-state index contributed by atoms with van der Waals surface area (Å²) in [6.07, 6.45) is 1.77. The van der Waals surface area contributed by atoms with Gasteiger partial charge in [-0.1, -0.05) is 12.1 Å². The third-order valence-corrected chi connectivity index (χ3v) is 4.78. The van der Waals surface area contributed by atoms with E-state index < -0.39 is 0 Å². The first-order chi connectivity index (χ1) is 13.7. The molecule has 1 fully saturated rings. The van der Waals surface area contributed by atoms with E-state index in [0.717, 1.165) is 37.4 Å². The Labute approximate surface area is 173 Å². The van der Waals surface area contributed by atoms with Gasteiger partial charge in [-0.15, -0.1) is 0 Å². The van der Waals surface area contributed by atoms with Gasteiger partial charge in [0.15, 0.2) is 11.5 Å². The molecule has 1 aliphatic rings. The van der Waals surface area contributed by atoms with E-state index in [-0.39, 0.29) is 24.1 Å². The zero-order valence-electron chi connectivity index (χ0n) is 18.2. The molecule has 1 saturated heterocycles. The van der Waals surface area contributed by atoms with Crippen molar-refractivity contribution in [1.82, 2.24) is 15.1 Å². The van der Waals surface area contributed by atoms with Crippen LogP contribution in [0.15, 0.2) is 24.3 Å². The van der Waals surface area contributed by atoms with E-state index in [9.17, 15) is 4.79 Å². The zero-order chi connectivity index (χ0) is 21.9. The summed E-state index contributed by atoms with van der Waals surface area (Å²) in [7, 11) is 3.46.